The first-order valence-electron chi connectivity index (χ1n) is 10.1. The highest BCUT2D eigenvalue weighted by molar-refractivity contribution is 7.98. The number of thioether (sulfide) groups is 1. The van der Waals surface area contributed by atoms with Crippen LogP contribution in [-0.2, 0) is 6.54 Å². The topological polar surface area (TPSA) is 192 Å². The molecule has 4 rings (SSSR count). The van der Waals surface area contributed by atoms with Crippen LogP contribution in [0.4, 0.5) is 11.5 Å². The maximum absolute atomic E-state index is 12.9. The van der Waals surface area contributed by atoms with Gasteiger partial charge in [-0.15, -0.1) is 16.9 Å². The smallest absolute Gasteiger partial charge is 0.293 e. The van der Waals surface area contributed by atoms with E-state index in [9.17, 15) is 9.59 Å². The van der Waals surface area contributed by atoms with Crippen molar-refractivity contribution in [3.63, 3.8) is 0 Å². The molecule has 0 spiro atoms. The van der Waals surface area contributed by atoms with E-state index in [4.69, 9.17) is 11.5 Å². The average Bonchev–Trinajstić information content (AvgIpc) is 3.48. The van der Waals surface area contributed by atoms with E-state index in [1.165, 1.54) is 10.9 Å². The number of nitrogens with zero attached hydrogens (tertiary/aromatic N) is 6. The van der Waals surface area contributed by atoms with Crippen molar-refractivity contribution in [2.75, 3.05) is 17.3 Å². The molecule has 0 saturated heterocycles. The predicted molar refractivity (Wildman–Crippen MR) is 129 cm³/mol. The maximum Gasteiger partial charge on any atom is 0.293 e. The number of carbonyl (C=O) groups excluding carboxylic acids is 2. The van der Waals surface area contributed by atoms with Crippen molar-refractivity contribution in [2.45, 2.75) is 11.4 Å². The summed E-state index contributed by atoms with van der Waals surface area (Å²) < 4.78 is 5.86. The molecule has 0 aliphatic carbocycles. The third-order valence-electron chi connectivity index (χ3n) is 4.81. The maximum atomic E-state index is 12.9. The third-order valence-corrected chi connectivity index (χ3v) is 5.55. The molecule has 178 valence electrons. The van der Waals surface area contributed by atoms with Crippen LogP contribution in [0.2, 0.25) is 0 Å². The van der Waals surface area contributed by atoms with Gasteiger partial charge in [-0.1, -0.05) is 29.5 Å². The van der Waals surface area contributed by atoms with Gasteiger partial charge in [0.05, 0.1) is 24.0 Å². The van der Waals surface area contributed by atoms with Crippen LogP contribution in [0, 0.1) is 0 Å². The molecule has 2 aromatic heterocycles. The Morgan fingerprint density at radius 2 is 1.94 bits per heavy atom. The highest BCUT2D eigenvalue weighted by atomic mass is 32.2. The number of nitrogen functional groups attached to an aromatic ring is 1. The van der Waals surface area contributed by atoms with Gasteiger partial charge in [0.1, 0.15) is 0 Å². The van der Waals surface area contributed by atoms with Crippen LogP contribution in [0.5, 0.6) is 0 Å². The lowest BCUT2D eigenvalue weighted by Crippen LogP contribution is -2.22. The van der Waals surface area contributed by atoms with Crippen LogP contribution >= 0.6 is 11.8 Å². The van der Waals surface area contributed by atoms with Crippen LogP contribution in [0.25, 0.3) is 5.82 Å². The molecule has 13 nitrogen and oxygen atoms in total. The Kier molecular flexibility index (Phi) is 7.02. The summed E-state index contributed by atoms with van der Waals surface area (Å²) in [6.45, 7) is 0.00616. The molecule has 0 unspecified atom stereocenters. The Bertz CT molecular complexity index is 1380. The van der Waals surface area contributed by atoms with E-state index in [-0.39, 0.29) is 35.1 Å². The summed E-state index contributed by atoms with van der Waals surface area (Å²) >= 11 is 1.62. The van der Waals surface area contributed by atoms with E-state index in [1.807, 2.05) is 30.5 Å². The number of carbonyl (C=O) groups is 2. The van der Waals surface area contributed by atoms with Crippen molar-refractivity contribution in [3.05, 3.63) is 71.0 Å². The summed E-state index contributed by atoms with van der Waals surface area (Å²) in [5, 5.41) is 22.3. The Morgan fingerprint density at radius 3 is 2.63 bits per heavy atom. The van der Waals surface area contributed by atoms with Crippen molar-refractivity contribution >= 4 is 41.3 Å². The second-order valence-corrected chi connectivity index (χ2v) is 7.88. The second-order valence-electron chi connectivity index (χ2n) is 7.01. The van der Waals surface area contributed by atoms with Crippen LogP contribution in [-0.4, -0.2) is 49.6 Å². The number of aromatic nitrogens is 5. The number of hydrogen-bond donors (Lipinski definition) is 4. The molecule has 0 aliphatic heterocycles. The lowest BCUT2D eigenvalue weighted by atomic mass is 10.1. The number of primary amides is 1. The Hall–Kier alpha value is -4.72. The Morgan fingerprint density at radius 1 is 1.17 bits per heavy atom. The minimum absolute atomic E-state index is 0.00616. The molecule has 4 aromatic rings. The van der Waals surface area contributed by atoms with Gasteiger partial charge in [0.2, 0.25) is 11.6 Å². The molecular weight excluding hydrogens is 472 g/mol. The molecule has 0 bridgehead atoms. The third kappa shape index (κ3) is 5.27. The number of benzene rings is 2. The first kappa shape index (κ1) is 23.4. The van der Waals surface area contributed by atoms with Gasteiger partial charge in [0.15, 0.2) is 5.69 Å². The predicted octanol–water partition coefficient (Wildman–Crippen LogP) is 1.43. The second kappa shape index (κ2) is 10.5. The summed E-state index contributed by atoms with van der Waals surface area (Å²) in [6, 6.07) is 14.3. The number of para-hydroxylation sites is 1. The van der Waals surface area contributed by atoms with E-state index < -0.39 is 11.8 Å². The van der Waals surface area contributed by atoms with Gasteiger partial charge in [0.25, 0.3) is 11.8 Å². The van der Waals surface area contributed by atoms with E-state index in [0.29, 0.717) is 5.69 Å². The molecule has 0 saturated carbocycles. The monoisotopic (exact) mass is 492 g/mol. The van der Waals surface area contributed by atoms with Gasteiger partial charge in [-0.3, -0.25) is 9.59 Å². The molecule has 0 radical (unpaired) electrons. The Labute approximate surface area is 202 Å². The van der Waals surface area contributed by atoms with Crippen LogP contribution in [0.3, 0.4) is 0 Å². The zero-order valence-corrected chi connectivity index (χ0v) is 19.2. The highest BCUT2D eigenvalue weighted by Gasteiger charge is 2.24. The molecule has 35 heavy (non-hydrogen) atoms. The number of amides is 2. The lowest BCUT2D eigenvalue weighted by Gasteiger charge is -2.11. The molecule has 0 fully saturated rings. The molecule has 2 amide bonds. The van der Waals surface area contributed by atoms with Gasteiger partial charge in [0, 0.05) is 10.6 Å². The van der Waals surface area contributed by atoms with E-state index in [0.717, 1.165) is 10.5 Å². The SMILES string of the molecule is CSc1ccc(C=NNC(=O)c2nnn(-c3nonc3N)c2CNc2ccccc2C(N)=O)cc1. The van der Waals surface area contributed by atoms with Crippen molar-refractivity contribution in [1.82, 2.24) is 30.7 Å². The number of rotatable bonds is 9. The summed E-state index contributed by atoms with van der Waals surface area (Å²) in [6.07, 6.45) is 3.49. The number of hydrogen-bond acceptors (Lipinski definition) is 11. The molecule has 2 aromatic carbocycles. The Balaban J connectivity index is 1.58. The molecule has 14 heteroatoms. The quantitative estimate of drug-likeness (QED) is 0.151. The first-order valence-corrected chi connectivity index (χ1v) is 11.3. The zero-order valence-electron chi connectivity index (χ0n) is 18.4. The van der Waals surface area contributed by atoms with Crippen LogP contribution in [0.15, 0.2) is 63.2 Å². The standard InChI is InChI=1S/C21H20N10O3S/c1-35-13-8-6-12(7-9-13)10-25-27-21(33)17-16(31(30-26-17)20-18(22)28-34-29-20)11-24-15-5-3-2-4-14(15)19(23)32/h2-10,24H,11H2,1H3,(H2,22,28)(H2,23,32)(H,27,33). The highest BCUT2D eigenvalue weighted by Crippen LogP contribution is 2.20. The van der Waals surface area contributed by atoms with E-state index in [1.54, 1.807) is 36.0 Å². The van der Waals surface area contributed by atoms with Gasteiger partial charge in [-0.2, -0.15) is 9.78 Å². The summed E-state index contributed by atoms with van der Waals surface area (Å²) in [7, 11) is 0. The average molecular weight is 493 g/mol. The van der Waals surface area contributed by atoms with Crippen molar-refractivity contribution < 1.29 is 14.2 Å². The fourth-order valence-electron chi connectivity index (χ4n) is 3.08. The molecular formula is C21H20N10O3S. The number of hydrazone groups is 1. The number of nitrogens with one attached hydrogen (secondary N) is 2. The van der Waals surface area contributed by atoms with E-state index in [2.05, 4.69) is 41.1 Å². The van der Waals surface area contributed by atoms with Crippen LogP contribution in [0.1, 0.15) is 32.1 Å². The minimum atomic E-state index is -0.622. The molecule has 6 N–H and O–H groups in total. The zero-order chi connectivity index (χ0) is 24.8. The summed E-state index contributed by atoms with van der Waals surface area (Å²) in [5.41, 5.74) is 15.4. The molecule has 2 heterocycles. The van der Waals surface area contributed by atoms with Gasteiger partial charge in [-0.05, 0) is 46.4 Å². The lowest BCUT2D eigenvalue weighted by molar-refractivity contribution is 0.0947. The largest absolute Gasteiger partial charge is 0.379 e. The van der Waals surface area contributed by atoms with E-state index >= 15 is 0 Å². The van der Waals surface area contributed by atoms with Gasteiger partial charge >= 0.3 is 0 Å². The fraction of sp³-hybridized carbons (Fsp3) is 0.0952. The van der Waals surface area contributed by atoms with Crippen molar-refractivity contribution in [1.29, 1.82) is 0 Å². The number of nitrogens with two attached hydrogens (primary N) is 2. The summed E-state index contributed by atoms with van der Waals surface area (Å²) in [5.74, 6) is -1.23. The van der Waals surface area contributed by atoms with Crippen molar-refractivity contribution in [3.8, 4) is 5.82 Å². The normalized spacial score (nSPS) is 11.0. The summed E-state index contributed by atoms with van der Waals surface area (Å²) in [4.78, 5) is 25.7. The van der Waals surface area contributed by atoms with Gasteiger partial charge < -0.3 is 16.8 Å². The number of anilines is 2. The first-order chi connectivity index (χ1) is 17.0. The molecule has 0 aliphatic rings. The minimum Gasteiger partial charge on any atom is -0.379 e. The van der Waals surface area contributed by atoms with Crippen molar-refractivity contribution in [2.24, 2.45) is 10.8 Å². The molecule has 0 atom stereocenters. The van der Waals surface area contributed by atoms with Crippen LogP contribution < -0.4 is 22.2 Å². The van der Waals surface area contributed by atoms with Gasteiger partial charge in [-0.25, -0.2) is 10.1 Å². The fourth-order valence-corrected chi connectivity index (χ4v) is 3.49.